The zero-order valence-corrected chi connectivity index (χ0v) is 32.6. The molecule has 0 fully saturated rings. The van der Waals surface area contributed by atoms with E-state index < -0.39 is 16.6 Å². The van der Waals surface area contributed by atoms with Gasteiger partial charge < -0.3 is 25.5 Å². The van der Waals surface area contributed by atoms with Gasteiger partial charge in [0, 0.05) is 36.4 Å². The summed E-state index contributed by atoms with van der Waals surface area (Å²) in [5.41, 5.74) is 2.03. The molecule has 0 bridgehead atoms. The number of hydrogen-bond acceptors (Lipinski definition) is 5. The molecule has 292 valence electrons. The predicted molar refractivity (Wildman–Crippen MR) is 224 cm³/mol. The summed E-state index contributed by atoms with van der Waals surface area (Å²) in [7, 11) is 0. The van der Waals surface area contributed by atoms with Crippen molar-refractivity contribution in [1.82, 2.24) is 0 Å². The van der Waals surface area contributed by atoms with E-state index in [2.05, 4.69) is 24.3 Å². The fourth-order valence-corrected chi connectivity index (χ4v) is 8.94. The Balaban J connectivity index is 1.57. The minimum absolute atomic E-state index is 0.0323. The lowest BCUT2D eigenvalue weighted by atomic mass is 9.57. The van der Waals surface area contributed by atoms with Crippen molar-refractivity contribution in [3.05, 3.63) is 179 Å². The molecule has 55 heavy (non-hydrogen) atoms. The van der Waals surface area contributed by atoms with Crippen molar-refractivity contribution in [2.75, 3.05) is 19.8 Å². The van der Waals surface area contributed by atoms with Gasteiger partial charge in [-0.05, 0) is 79.7 Å². The van der Waals surface area contributed by atoms with Gasteiger partial charge in [-0.3, -0.25) is 0 Å². The van der Waals surface area contributed by atoms with E-state index in [-0.39, 0.29) is 37.6 Å². The lowest BCUT2D eigenvalue weighted by molar-refractivity contribution is -0.0762. The van der Waals surface area contributed by atoms with Gasteiger partial charge in [0.25, 0.3) is 0 Å². The van der Waals surface area contributed by atoms with E-state index in [1.807, 2.05) is 134 Å². The number of hydrogen-bond donors (Lipinski definition) is 5. The second kappa shape index (κ2) is 20.7. The maximum absolute atomic E-state index is 13.8. The first-order valence-corrected chi connectivity index (χ1v) is 20.3. The molecule has 0 radical (unpaired) electrons. The first kappa shape index (κ1) is 42.1. The van der Waals surface area contributed by atoms with Gasteiger partial charge in [-0.25, -0.2) is 0 Å². The van der Waals surface area contributed by atoms with E-state index in [9.17, 15) is 25.5 Å². The second-order valence-electron chi connectivity index (χ2n) is 15.8. The molecule has 0 saturated carbocycles. The maximum atomic E-state index is 13.8. The summed E-state index contributed by atoms with van der Waals surface area (Å²) in [5.74, 6) is -0.509. The maximum Gasteiger partial charge on any atom is 0.0868 e. The van der Waals surface area contributed by atoms with E-state index >= 15 is 0 Å². The van der Waals surface area contributed by atoms with Crippen molar-refractivity contribution in [2.24, 2.45) is 0 Å². The molecule has 6 unspecified atom stereocenters. The molecule has 0 spiro atoms. The minimum Gasteiger partial charge on any atom is -0.396 e. The number of aliphatic hydroxyl groups is 5. The summed E-state index contributed by atoms with van der Waals surface area (Å²) in [4.78, 5) is 0. The van der Waals surface area contributed by atoms with Gasteiger partial charge in [0.2, 0.25) is 0 Å². The van der Waals surface area contributed by atoms with E-state index in [4.69, 9.17) is 0 Å². The topological polar surface area (TPSA) is 101 Å². The zero-order chi connectivity index (χ0) is 39.0. The molecular weight excluding hydrogens is 681 g/mol. The Kier molecular flexibility index (Phi) is 15.8. The molecule has 0 amide bonds. The largest absolute Gasteiger partial charge is 0.396 e. The van der Waals surface area contributed by atoms with E-state index in [1.165, 1.54) is 0 Å². The quantitative estimate of drug-likeness (QED) is 0.0429. The van der Waals surface area contributed by atoms with Crippen LogP contribution in [-0.2, 0) is 11.0 Å². The molecule has 0 aliphatic carbocycles. The Bertz CT molecular complexity index is 1770. The number of aliphatic hydroxyl groups excluding tert-OH is 3. The van der Waals surface area contributed by atoms with Crippen LogP contribution in [0.1, 0.15) is 117 Å². The van der Waals surface area contributed by atoms with Gasteiger partial charge in [-0.1, -0.05) is 171 Å². The van der Waals surface area contributed by atoms with Gasteiger partial charge in [0.15, 0.2) is 0 Å². The van der Waals surface area contributed by atoms with Crippen LogP contribution in [0.3, 0.4) is 0 Å². The summed E-state index contributed by atoms with van der Waals surface area (Å²) in [6.07, 6.45) is 6.23. The van der Waals surface area contributed by atoms with Crippen molar-refractivity contribution in [2.45, 2.75) is 106 Å². The first-order chi connectivity index (χ1) is 26.7. The summed E-state index contributed by atoms with van der Waals surface area (Å²) < 4.78 is 0. The van der Waals surface area contributed by atoms with Crippen molar-refractivity contribution >= 4 is 0 Å². The molecule has 0 aromatic heterocycles. The first-order valence-electron chi connectivity index (χ1n) is 20.3. The van der Waals surface area contributed by atoms with Crippen molar-refractivity contribution in [3.8, 4) is 0 Å². The minimum atomic E-state index is -1.30. The smallest absolute Gasteiger partial charge is 0.0868 e. The average molecular weight is 743 g/mol. The lowest BCUT2D eigenvalue weighted by Crippen LogP contribution is -2.53. The fourth-order valence-electron chi connectivity index (χ4n) is 8.94. The van der Waals surface area contributed by atoms with Crippen LogP contribution >= 0.6 is 0 Å². The van der Waals surface area contributed by atoms with Gasteiger partial charge >= 0.3 is 0 Å². The Hall–Kier alpha value is -4.10. The van der Waals surface area contributed by atoms with Gasteiger partial charge in [-0.15, -0.1) is 0 Å². The molecule has 0 saturated heterocycles. The Morgan fingerprint density at radius 1 is 0.418 bits per heavy atom. The van der Waals surface area contributed by atoms with Gasteiger partial charge in [-0.2, -0.15) is 0 Å². The molecular formula is C50H62O5. The van der Waals surface area contributed by atoms with Crippen LogP contribution < -0.4 is 0 Å². The highest BCUT2D eigenvalue weighted by Gasteiger charge is 2.51. The van der Waals surface area contributed by atoms with E-state index in [0.717, 1.165) is 53.5 Å². The molecule has 0 aliphatic heterocycles. The van der Waals surface area contributed by atoms with Crippen LogP contribution in [0.2, 0.25) is 0 Å². The fraction of sp³-hybridized carbons (Fsp3) is 0.400. The number of benzene rings is 5. The van der Waals surface area contributed by atoms with Crippen molar-refractivity contribution < 1.29 is 25.5 Å². The summed E-state index contributed by atoms with van der Waals surface area (Å²) >= 11 is 0. The standard InChI is InChI=1S/C50H62O5/c1-48(54,46-27-13-5-14-28-46)32-17-18-33-49(47-29-15-6-16-30-47,34-19-26-43(37-51)40-20-7-2-8-21-40)50(55,36-45(39-53)42-24-11-4-12-25-42)35-31-44(38-52)41-22-9-3-10-23-41/h2-16,20-25,27-30,43-45,51-55H,17-19,26,31-39H2,1H3. The van der Waals surface area contributed by atoms with Crippen LogP contribution in [0, 0.1) is 0 Å². The summed E-state index contributed by atoms with van der Waals surface area (Å²) in [6, 6.07) is 50.4. The predicted octanol–water partition coefficient (Wildman–Crippen LogP) is 9.79. The van der Waals surface area contributed by atoms with Crippen LogP contribution in [-0.4, -0.2) is 51.0 Å². The normalized spacial score (nSPS) is 16.6. The Morgan fingerprint density at radius 2 is 0.800 bits per heavy atom. The van der Waals surface area contributed by atoms with Gasteiger partial charge in [0.1, 0.15) is 0 Å². The third kappa shape index (κ3) is 11.0. The molecule has 5 heteroatoms. The molecule has 5 aromatic carbocycles. The van der Waals surface area contributed by atoms with E-state index in [0.29, 0.717) is 38.5 Å². The zero-order valence-electron chi connectivity index (χ0n) is 32.6. The number of unbranched alkanes of at least 4 members (excludes halogenated alkanes) is 1. The van der Waals surface area contributed by atoms with Crippen LogP contribution in [0.4, 0.5) is 0 Å². The van der Waals surface area contributed by atoms with Gasteiger partial charge in [0.05, 0.1) is 17.8 Å². The van der Waals surface area contributed by atoms with Crippen LogP contribution in [0.15, 0.2) is 152 Å². The SMILES string of the molecule is CC(O)(CCCCC(CCCC(CO)c1ccccc1)(c1ccccc1)C(O)(CCC(CO)c1ccccc1)CC(CO)c1ccccc1)c1ccccc1. The highest BCUT2D eigenvalue weighted by Crippen LogP contribution is 2.52. The molecule has 5 rings (SSSR count). The molecule has 0 aliphatic rings. The molecule has 5 N–H and O–H groups in total. The highest BCUT2D eigenvalue weighted by atomic mass is 16.3. The second-order valence-corrected chi connectivity index (χ2v) is 15.8. The molecule has 0 heterocycles. The third-order valence-electron chi connectivity index (χ3n) is 12.3. The Morgan fingerprint density at radius 3 is 1.27 bits per heavy atom. The highest BCUT2D eigenvalue weighted by molar-refractivity contribution is 5.33. The summed E-state index contributed by atoms with van der Waals surface area (Å²) in [5, 5.41) is 57.6. The van der Waals surface area contributed by atoms with Crippen molar-refractivity contribution in [3.63, 3.8) is 0 Å². The molecule has 5 nitrogen and oxygen atoms in total. The number of rotatable bonds is 23. The average Bonchev–Trinajstić information content (AvgIpc) is 3.24. The van der Waals surface area contributed by atoms with Crippen LogP contribution in [0.25, 0.3) is 0 Å². The molecule has 6 atom stereocenters. The monoisotopic (exact) mass is 742 g/mol. The van der Waals surface area contributed by atoms with Crippen molar-refractivity contribution in [1.29, 1.82) is 0 Å². The third-order valence-corrected chi connectivity index (χ3v) is 12.3. The lowest BCUT2D eigenvalue weighted by Gasteiger charge is -2.51. The molecule has 5 aromatic rings. The Labute approximate surface area is 329 Å². The van der Waals surface area contributed by atoms with E-state index in [1.54, 1.807) is 0 Å². The van der Waals surface area contributed by atoms with Crippen LogP contribution in [0.5, 0.6) is 0 Å². The summed E-state index contributed by atoms with van der Waals surface area (Å²) in [6.45, 7) is 1.77.